The smallest absolute Gasteiger partial charge is 0.322 e. The fraction of sp³-hybridized carbons (Fsp3) is 0.865. The molecule has 2 N–H and O–H groups in total. The van der Waals surface area contributed by atoms with Crippen molar-refractivity contribution in [3.05, 3.63) is 12.2 Å². The van der Waals surface area contributed by atoms with Crippen molar-refractivity contribution >= 4 is 17.8 Å². The van der Waals surface area contributed by atoms with E-state index in [0.29, 0.717) is 12.8 Å². The van der Waals surface area contributed by atoms with Crippen LogP contribution >= 0.6 is 0 Å². The van der Waals surface area contributed by atoms with Crippen LogP contribution in [0.2, 0.25) is 0 Å². The van der Waals surface area contributed by atoms with Crippen LogP contribution in [0.3, 0.4) is 0 Å². The van der Waals surface area contributed by atoms with Crippen molar-refractivity contribution in [3.8, 4) is 0 Å². The summed E-state index contributed by atoms with van der Waals surface area (Å²) >= 11 is 0. The number of hydrogen-bond donors (Lipinski definition) is 2. The minimum absolute atomic E-state index is 0.00412. The fourth-order valence-corrected chi connectivity index (χ4v) is 5.46. The molecule has 0 aliphatic heterocycles. The molecule has 1 amide bonds. The quantitative estimate of drug-likeness (QED) is 0.0440. The lowest BCUT2D eigenvalue weighted by Gasteiger charge is -2.18. The predicted octanol–water partition coefficient (Wildman–Crippen LogP) is 10.6. The number of allylic oxidation sites excluding steroid dienone is 2. The molecular weight excluding hydrogens is 538 g/mol. The molecule has 0 spiro atoms. The Morgan fingerprint density at radius 2 is 1.02 bits per heavy atom. The molecule has 0 aromatic heterocycles. The number of carboxylic acids is 1. The van der Waals surface area contributed by atoms with Crippen LogP contribution in [0.5, 0.6) is 0 Å². The lowest BCUT2D eigenvalue weighted by atomic mass is 10.0. The van der Waals surface area contributed by atoms with Crippen LogP contribution in [0, 0.1) is 0 Å². The third-order valence-corrected chi connectivity index (χ3v) is 8.19. The summed E-state index contributed by atoms with van der Waals surface area (Å²) in [5, 5.41) is 11.0. The number of nitrogens with one attached hydrogen (secondary N) is 1. The minimum atomic E-state index is -1.02. The van der Waals surface area contributed by atoms with Gasteiger partial charge < -0.3 is 15.2 Å². The van der Waals surface area contributed by atoms with Gasteiger partial charge in [-0.1, -0.05) is 135 Å². The van der Waals surface area contributed by atoms with Crippen molar-refractivity contribution in [3.63, 3.8) is 0 Å². The Labute approximate surface area is 265 Å². The van der Waals surface area contributed by atoms with Crippen LogP contribution in [0.1, 0.15) is 194 Å². The minimum Gasteiger partial charge on any atom is -0.480 e. The average molecular weight is 608 g/mol. The first kappa shape index (κ1) is 41.1. The highest BCUT2D eigenvalue weighted by atomic mass is 16.5. The monoisotopic (exact) mass is 608 g/mol. The molecule has 0 radical (unpaired) electrons. The number of carboxylic acid groups (broad SMARTS) is 1. The first-order valence-electron chi connectivity index (χ1n) is 18.3. The highest BCUT2D eigenvalue weighted by Crippen LogP contribution is 2.18. The van der Waals surface area contributed by atoms with Gasteiger partial charge in [0.05, 0.1) is 0 Å². The maximum Gasteiger partial charge on any atom is 0.322 e. The second kappa shape index (κ2) is 33.1. The molecule has 0 aliphatic carbocycles. The van der Waals surface area contributed by atoms with E-state index in [-0.39, 0.29) is 24.5 Å². The van der Waals surface area contributed by atoms with E-state index < -0.39 is 5.97 Å². The maximum atomic E-state index is 12.6. The number of ether oxygens (including phenoxy) is 1. The number of amides is 1. The van der Waals surface area contributed by atoms with Gasteiger partial charge in [-0.15, -0.1) is 0 Å². The van der Waals surface area contributed by atoms with E-state index in [0.717, 1.165) is 70.6 Å². The molecule has 0 fully saturated rings. The number of aliphatic carboxylic acids is 1. The number of unbranched alkanes of at least 4 members (excludes halogenated alkanes) is 20. The molecule has 0 rings (SSSR count). The van der Waals surface area contributed by atoms with E-state index in [2.05, 4.69) is 31.3 Å². The summed E-state index contributed by atoms with van der Waals surface area (Å²) in [4.78, 5) is 34.7. The molecule has 0 aromatic rings. The van der Waals surface area contributed by atoms with Crippen LogP contribution in [-0.2, 0) is 19.1 Å². The SMILES string of the molecule is CCCCCCCCCC/C=C\CCCC(CCCCCCCC(=O)NCC(=O)O)OC(=O)CCCCCCCCCC. The van der Waals surface area contributed by atoms with Crippen LogP contribution in [0.15, 0.2) is 12.2 Å². The summed E-state index contributed by atoms with van der Waals surface area (Å²) in [6, 6.07) is 0. The van der Waals surface area contributed by atoms with Crippen molar-refractivity contribution in [2.45, 2.75) is 200 Å². The van der Waals surface area contributed by atoms with Gasteiger partial charge in [-0.25, -0.2) is 0 Å². The van der Waals surface area contributed by atoms with Gasteiger partial charge in [0, 0.05) is 12.8 Å². The molecule has 0 aromatic carbocycles. The van der Waals surface area contributed by atoms with Gasteiger partial charge in [-0.05, 0) is 57.8 Å². The highest BCUT2D eigenvalue weighted by Gasteiger charge is 2.14. The van der Waals surface area contributed by atoms with Crippen molar-refractivity contribution in [1.29, 1.82) is 0 Å². The Bertz CT molecular complexity index is 678. The Hall–Kier alpha value is -1.85. The van der Waals surface area contributed by atoms with Crippen molar-refractivity contribution < 1.29 is 24.2 Å². The molecule has 1 atom stereocenters. The zero-order valence-corrected chi connectivity index (χ0v) is 28.3. The Morgan fingerprint density at radius 1 is 0.581 bits per heavy atom. The highest BCUT2D eigenvalue weighted by molar-refractivity contribution is 5.80. The average Bonchev–Trinajstić information content (AvgIpc) is 2.99. The van der Waals surface area contributed by atoms with Gasteiger partial charge in [0.25, 0.3) is 0 Å². The van der Waals surface area contributed by atoms with Crippen LogP contribution in [0.25, 0.3) is 0 Å². The number of carbonyl (C=O) groups excluding carboxylic acids is 2. The van der Waals surface area contributed by atoms with Gasteiger partial charge in [-0.3, -0.25) is 14.4 Å². The van der Waals surface area contributed by atoms with E-state index in [1.165, 1.54) is 96.3 Å². The van der Waals surface area contributed by atoms with Gasteiger partial charge in [0.1, 0.15) is 12.6 Å². The number of esters is 1. The van der Waals surface area contributed by atoms with E-state index in [1.54, 1.807) is 0 Å². The number of carbonyl (C=O) groups is 3. The zero-order valence-electron chi connectivity index (χ0n) is 28.3. The van der Waals surface area contributed by atoms with Crippen LogP contribution in [-0.4, -0.2) is 35.6 Å². The first-order valence-corrected chi connectivity index (χ1v) is 18.3. The van der Waals surface area contributed by atoms with Gasteiger partial charge in [0.15, 0.2) is 0 Å². The molecular formula is C37H69NO5. The summed E-state index contributed by atoms with van der Waals surface area (Å²) in [6.07, 6.45) is 36.1. The molecule has 0 saturated heterocycles. The Balaban J connectivity index is 4.20. The molecule has 0 saturated carbocycles. The summed E-state index contributed by atoms with van der Waals surface area (Å²) < 4.78 is 5.96. The van der Waals surface area contributed by atoms with E-state index in [4.69, 9.17) is 9.84 Å². The standard InChI is InChI=1S/C37H69NO5/c1-3-5-7-9-11-13-14-15-16-17-18-21-25-29-34(43-37(42)32-28-24-19-12-10-8-6-4-2)30-26-22-20-23-27-31-35(39)38-33-36(40)41/h17-18,34H,3-16,19-33H2,1-2H3,(H,38,39)(H,40,41)/b18-17-. The topological polar surface area (TPSA) is 92.7 Å². The first-order chi connectivity index (χ1) is 21.0. The van der Waals surface area contributed by atoms with E-state index in [9.17, 15) is 14.4 Å². The van der Waals surface area contributed by atoms with Crippen LogP contribution < -0.4 is 5.32 Å². The van der Waals surface area contributed by atoms with Crippen molar-refractivity contribution in [2.75, 3.05) is 6.54 Å². The van der Waals surface area contributed by atoms with E-state index >= 15 is 0 Å². The third kappa shape index (κ3) is 32.9. The lowest BCUT2D eigenvalue weighted by Crippen LogP contribution is -2.28. The predicted molar refractivity (Wildman–Crippen MR) is 180 cm³/mol. The fourth-order valence-electron chi connectivity index (χ4n) is 5.46. The van der Waals surface area contributed by atoms with Crippen molar-refractivity contribution in [2.24, 2.45) is 0 Å². The Morgan fingerprint density at radius 3 is 1.58 bits per heavy atom. The molecule has 6 heteroatoms. The third-order valence-electron chi connectivity index (χ3n) is 8.19. The summed E-state index contributed by atoms with van der Waals surface area (Å²) in [6.45, 7) is 4.20. The molecule has 252 valence electrons. The van der Waals surface area contributed by atoms with Crippen LogP contribution in [0.4, 0.5) is 0 Å². The van der Waals surface area contributed by atoms with Gasteiger partial charge in [0.2, 0.25) is 5.91 Å². The summed E-state index contributed by atoms with van der Waals surface area (Å²) in [5.41, 5.74) is 0. The molecule has 0 aliphatic rings. The number of hydrogen-bond acceptors (Lipinski definition) is 4. The van der Waals surface area contributed by atoms with Crippen molar-refractivity contribution in [1.82, 2.24) is 5.32 Å². The molecule has 0 bridgehead atoms. The molecule has 6 nitrogen and oxygen atoms in total. The largest absolute Gasteiger partial charge is 0.480 e. The second-order valence-corrected chi connectivity index (χ2v) is 12.5. The molecule has 1 unspecified atom stereocenters. The molecule has 0 heterocycles. The van der Waals surface area contributed by atoms with Gasteiger partial charge in [-0.2, -0.15) is 0 Å². The molecule has 43 heavy (non-hydrogen) atoms. The number of rotatable bonds is 33. The summed E-state index contributed by atoms with van der Waals surface area (Å²) in [7, 11) is 0. The Kier molecular flexibility index (Phi) is 31.6. The normalized spacial score (nSPS) is 12.0. The summed E-state index contributed by atoms with van der Waals surface area (Å²) in [5.74, 6) is -1.25. The van der Waals surface area contributed by atoms with Gasteiger partial charge >= 0.3 is 11.9 Å². The lowest BCUT2D eigenvalue weighted by molar-refractivity contribution is -0.150. The zero-order chi connectivity index (χ0) is 31.6. The maximum absolute atomic E-state index is 12.6. The second-order valence-electron chi connectivity index (χ2n) is 12.5. The van der Waals surface area contributed by atoms with E-state index in [1.807, 2.05) is 0 Å².